The Morgan fingerprint density at radius 3 is 2.73 bits per heavy atom. The third-order valence-electron chi connectivity index (χ3n) is 5.71. The van der Waals surface area contributed by atoms with Gasteiger partial charge in [0.15, 0.2) is 0 Å². The number of amides is 4. The second-order valence-electron chi connectivity index (χ2n) is 9.25. The molecule has 3 heterocycles. The van der Waals surface area contributed by atoms with Gasteiger partial charge < -0.3 is 9.64 Å². The zero-order valence-electron chi connectivity index (χ0n) is 18.8. The quantitative estimate of drug-likeness (QED) is 0.692. The summed E-state index contributed by atoms with van der Waals surface area (Å²) in [6, 6.07) is 10.0. The van der Waals surface area contributed by atoms with Crippen LogP contribution in [0.15, 0.2) is 36.4 Å². The molecule has 9 nitrogen and oxygen atoms in total. The maximum Gasteiger partial charge on any atom is 0.413 e. The molecular formula is C24H26N4O5. The summed E-state index contributed by atoms with van der Waals surface area (Å²) < 4.78 is 5.31. The van der Waals surface area contributed by atoms with E-state index < -0.39 is 18.0 Å². The van der Waals surface area contributed by atoms with Crippen LogP contribution in [0.4, 0.5) is 10.6 Å². The summed E-state index contributed by atoms with van der Waals surface area (Å²) >= 11 is 0. The number of carbonyl (C=O) groups is 4. The van der Waals surface area contributed by atoms with Crippen LogP contribution in [0, 0.1) is 0 Å². The summed E-state index contributed by atoms with van der Waals surface area (Å²) in [5.74, 6) is -0.638. The minimum atomic E-state index is -0.663. The second-order valence-corrected chi connectivity index (χ2v) is 9.25. The number of carbonyl (C=O) groups excluding carboxylic acids is 4. The predicted octanol–water partition coefficient (Wildman–Crippen LogP) is 2.89. The first-order valence-electron chi connectivity index (χ1n) is 10.8. The van der Waals surface area contributed by atoms with Crippen LogP contribution in [0.25, 0.3) is 0 Å². The van der Waals surface area contributed by atoms with Gasteiger partial charge in [-0.05, 0) is 35.7 Å². The molecule has 1 atom stereocenters. The summed E-state index contributed by atoms with van der Waals surface area (Å²) in [6.45, 7) is 6.39. The van der Waals surface area contributed by atoms with Gasteiger partial charge in [-0.2, -0.15) is 0 Å². The summed E-state index contributed by atoms with van der Waals surface area (Å²) in [6.07, 6.45) is -0.131. The van der Waals surface area contributed by atoms with Crippen LogP contribution in [0.2, 0.25) is 0 Å². The molecule has 2 N–H and O–H groups in total. The molecule has 33 heavy (non-hydrogen) atoms. The number of benzene rings is 1. The first-order valence-corrected chi connectivity index (χ1v) is 10.8. The Hall–Kier alpha value is -3.75. The van der Waals surface area contributed by atoms with Crippen molar-refractivity contribution in [3.05, 3.63) is 58.8 Å². The topological polar surface area (TPSA) is 118 Å². The normalized spacial score (nSPS) is 18.1. The van der Waals surface area contributed by atoms with Crippen molar-refractivity contribution in [1.82, 2.24) is 15.2 Å². The fourth-order valence-electron chi connectivity index (χ4n) is 3.90. The van der Waals surface area contributed by atoms with Gasteiger partial charge in [-0.1, -0.05) is 39.0 Å². The Morgan fingerprint density at radius 2 is 2.00 bits per heavy atom. The van der Waals surface area contributed by atoms with E-state index in [9.17, 15) is 19.2 Å². The van der Waals surface area contributed by atoms with Gasteiger partial charge in [-0.3, -0.25) is 25.0 Å². The molecule has 172 valence electrons. The Labute approximate surface area is 191 Å². The monoisotopic (exact) mass is 450 g/mol. The van der Waals surface area contributed by atoms with Crippen LogP contribution >= 0.6 is 0 Å². The molecule has 9 heteroatoms. The van der Waals surface area contributed by atoms with Crippen molar-refractivity contribution in [2.24, 2.45) is 0 Å². The van der Waals surface area contributed by atoms with Crippen LogP contribution in [0.5, 0.6) is 0 Å². The molecule has 4 rings (SSSR count). The van der Waals surface area contributed by atoms with Gasteiger partial charge in [-0.25, -0.2) is 9.78 Å². The fraction of sp³-hybridized carbons (Fsp3) is 0.375. The van der Waals surface area contributed by atoms with Crippen molar-refractivity contribution in [3.8, 4) is 0 Å². The number of piperidine rings is 1. The number of ether oxygens (including phenoxy) is 1. The van der Waals surface area contributed by atoms with Gasteiger partial charge in [0, 0.05) is 29.6 Å². The van der Waals surface area contributed by atoms with Crippen molar-refractivity contribution in [3.63, 3.8) is 0 Å². The van der Waals surface area contributed by atoms with Gasteiger partial charge in [0.2, 0.25) is 11.8 Å². The number of pyridine rings is 1. The van der Waals surface area contributed by atoms with E-state index in [1.807, 2.05) is 32.9 Å². The molecule has 4 amide bonds. The van der Waals surface area contributed by atoms with Crippen LogP contribution in [-0.2, 0) is 32.9 Å². The molecule has 0 radical (unpaired) electrons. The van der Waals surface area contributed by atoms with Gasteiger partial charge >= 0.3 is 6.09 Å². The van der Waals surface area contributed by atoms with Crippen molar-refractivity contribution in [2.45, 2.75) is 58.2 Å². The Bertz CT molecular complexity index is 1140. The summed E-state index contributed by atoms with van der Waals surface area (Å²) in [7, 11) is 0. The molecule has 1 aromatic heterocycles. The van der Waals surface area contributed by atoms with Gasteiger partial charge in [0.1, 0.15) is 18.5 Å². The lowest BCUT2D eigenvalue weighted by Gasteiger charge is -2.29. The molecule has 1 saturated heterocycles. The van der Waals surface area contributed by atoms with E-state index in [1.54, 1.807) is 24.3 Å². The summed E-state index contributed by atoms with van der Waals surface area (Å²) in [4.78, 5) is 54.6. The Kier molecular flexibility index (Phi) is 5.88. The minimum absolute atomic E-state index is 0.0240. The molecule has 0 saturated carbocycles. The first-order chi connectivity index (χ1) is 15.6. The average Bonchev–Trinajstić information content (AvgIpc) is 3.08. The molecular weight excluding hydrogens is 424 g/mol. The molecule has 1 unspecified atom stereocenters. The number of rotatable bonds is 4. The van der Waals surface area contributed by atoms with E-state index in [1.165, 1.54) is 4.90 Å². The van der Waals surface area contributed by atoms with E-state index in [2.05, 4.69) is 15.6 Å². The SMILES string of the molecule is CC(C)(C)c1cccc(NC(=O)OCc2ccc3c(c2)C(=O)N(C2CCC(=O)NC2=O)C3)n1. The highest BCUT2D eigenvalue weighted by Gasteiger charge is 2.39. The van der Waals surface area contributed by atoms with Gasteiger partial charge in [0.25, 0.3) is 5.91 Å². The van der Waals surface area contributed by atoms with E-state index in [0.29, 0.717) is 29.9 Å². The van der Waals surface area contributed by atoms with Crippen molar-refractivity contribution in [1.29, 1.82) is 0 Å². The molecule has 2 aromatic rings. The number of nitrogens with zero attached hydrogens (tertiary/aromatic N) is 2. The highest BCUT2D eigenvalue weighted by atomic mass is 16.5. The smallest absolute Gasteiger partial charge is 0.413 e. The predicted molar refractivity (Wildman–Crippen MR) is 119 cm³/mol. The van der Waals surface area contributed by atoms with Gasteiger partial charge in [-0.15, -0.1) is 0 Å². The lowest BCUT2D eigenvalue weighted by molar-refractivity contribution is -0.136. The Morgan fingerprint density at radius 1 is 1.21 bits per heavy atom. The number of nitrogens with one attached hydrogen (secondary N) is 2. The average molecular weight is 450 g/mol. The van der Waals surface area contributed by atoms with Crippen LogP contribution in [-0.4, -0.2) is 39.7 Å². The van der Waals surface area contributed by atoms with E-state index in [4.69, 9.17) is 4.74 Å². The molecule has 0 bridgehead atoms. The fourth-order valence-corrected chi connectivity index (χ4v) is 3.90. The lowest BCUT2D eigenvalue weighted by Crippen LogP contribution is -2.52. The zero-order valence-corrected chi connectivity index (χ0v) is 18.8. The largest absolute Gasteiger partial charge is 0.444 e. The number of aromatic nitrogens is 1. The third kappa shape index (κ3) is 4.87. The number of anilines is 1. The highest BCUT2D eigenvalue weighted by Crippen LogP contribution is 2.28. The number of fused-ring (bicyclic) bond motifs is 1. The van der Waals surface area contributed by atoms with E-state index in [0.717, 1.165) is 11.3 Å². The molecule has 1 fully saturated rings. The number of imide groups is 1. The van der Waals surface area contributed by atoms with Crippen molar-refractivity contribution < 1.29 is 23.9 Å². The maximum atomic E-state index is 12.9. The molecule has 1 aromatic carbocycles. The molecule has 0 aliphatic carbocycles. The third-order valence-corrected chi connectivity index (χ3v) is 5.71. The lowest BCUT2D eigenvalue weighted by atomic mass is 9.92. The number of hydrogen-bond acceptors (Lipinski definition) is 6. The minimum Gasteiger partial charge on any atom is -0.444 e. The zero-order chi connectivity index (χ0) is 23.8. The van der Waals surface area contributed by atoms with Gasteiger partial charge in [0.05, 0.1) is 0 Å². The van der Waals surface area contributed by atoms with Crippen LogP contribution in [0.3, 0.4) is 0 Å². The maximum absolute atomic E-state index is 12.9. The number of hydrogen-bond donors (Lipinski definition) is 2. The Balaban J connectivity index is 1.38. The summed E-state index contributed by atoms with van der Waals surface area (Å²) in [5.41, 5.74) is 2.61. The molecule has 2 aliphatic rings. The standard InChI is InChI=1S/C24H26N4O5/c1-24(2,3)18-5-4-6-19(25-18)26-23(32)33-13-14-7-8-15-12-28(22(31)16(15)11-14)17-9-10-20(29)27-21(17)30/h4-8,11,17H,9-10,12-13H2,1-3H3,(H,25,26,32)(H,27,29,30). The van der Waals surface area contributed by atoms with Crippen molar-refractivity contribution >= 4 is 29.6 Å². The van der Waals surface area contributed by atoms with Crippen LogP contribution < -0.4 is 10.6 Å². The van der Waals surface area contributed by atoms with E-state index >= 15 is 0 Å². The van der Waals surface area contributed by atoms with Crippen molar-refractivity contribution in [2.75, 3.05) is 5.32 Å². The first kappa shape index (κ1) is 22.4. The summed E-state index contributed by atoms with van der Waals surface area (Å²) in [5, 5.41) is 4.91. The second kappa shape index (κ2) is 8.65. The highest BCUT2D eigenvalue weighted by molar-refractivity contribution is 6.05. The molecule has 0 spiro atoms. The van der Waals surface area contributed by atoms with E-state index in [-0.39, 0.29) is 30.3 Å². The van der Waals surface area contributed by atoms with Crippen LogP contribution in [0.1, 0.15) is 60.8 Å². The molecule has 2 aliphatic heterocycles.